The maximum atomic E-state index is 11.3. The highest BCUT2D eigenvalue weighted by molar-refractivity contribution is 5.16. The first-order valence-corrected chi connectivity index (χ1v) is 3.64. The van der Waals surface area contributed by atoms with Crippen molar-refractivity contribution in [3.8, 4) is 5.75 Å². The molecule has 1 aromatic rings. The van der Waals surface area contributed by atoms with Crippen molar-refractivity contribution in [2.24, 2.45) is 0 Å². The SMILES string of the molecule is COc1cccn(CCO)c1=O. The fourth-order valence-electron chi connectivity index (χ4n) is 0.954. The van der Waals surface area contributed by atoms with E-state index in [1.165, 1.54) is 11.7 Å². The normalized spacial score (nSPS) is 9.83. The Morgan fingerprint density at radius 1 is 1.67 bits per heavy atom. The Morgan fingerprint density at radius 2 is 2.42 bits per heavy atom. The van der Waals surface area contributed by atoms with Crippen LogP contribution in [0.15, 0.2) is 23.1 Å². The summed E-state index contributed by atoms with van der Waals surface area (Å²) in [6, 6.07) is 3.30. The highest BCUT2D eigenvalue weighted by atomic mass is 16.5. The molecule has 1 N–H and O–H groups in total. The lowest BCUT2D eigenvalue weighted by molar-refractivity contribution is 0.272. The van der Waals surface area contributed by atoms with E-state index in [4.69, 9.17) is 9.84 Å². The predicted molar refractivity (Wildman–Crippen MR) is 44.3 cm³/mol. The summed E-state index contributed by atoms with van der Waals surface area (Å²) in [7, 11) is 1.44. The van der Waals surface area contributed by atoms with Crippen LogP contribution in [0.1, 0.15) is 0 Å². The van der Waals surface area contributed by atoms with Crippen molar-refractivity contribution >= 4 is 0 Å². The van der Waals surface area contributed by atoms with Crippen molar-refractivity contribution < 1.29 is 9.84 Å². The third kappa shape index (κ3) is 1.65. The zero-order chi connectivity index (χ0) is 8.97. The first-order chi connectivity index (χ1) is 5.79. The van der Waals surface area contributed by atoms with Gasteiger partial charge in [-0.15, -0.1) is 0 Å². The van der Waals surface area contributed by atoms with Gasteiger partial charge in [-0.05, 0) is 12.1 Å². The topological polar surface area (TPSA) is 51.5 Å². The third-order valence-electron chi connectivity index (χ3n) is 1.55. The summed E-state index contributed by atoms with van der Waals surface area (Å²) in [5, 5.41) is 8.61. The zero-order valence-electron chi connectivity index (χ0n) is 6.86. The highest BCUT2D eigenvalue weighted by Gasteiger charge is 2.00. The highest BCUT2D eigenvalue weighted by Crippen LogP contribution is 1.99. The van der Waals surface area contributed by atoms with Crippen molar-refractivity contribution in [3.63, 3.8) is 0 Å². The van der Waals surface area contributed by atoms with Crippen molar-refractivity contribution in [1.82, 2.24) is 4.57 Å². The average molecular weight is 169 g/mol. The number of aliphatic hydroxyl groups excluding tert-OH is 1. The molecule has 0 atom stereocenters. The first kappa shape index (κ1) is 8.80. The lowest BCUT2D eigenvalue weighted by Gasteiger charge is -2.04. The van der Waals surface area contributed by atoms with Gasteiger partial charge >= 0.3 is 0 Å². The summed E-state index contributed by atoms with van der Waals surface area (Å²) >= 11 is 0. The van der Waals surface area contributed by atoms with E-state index in [-0.39, 0.29) is 12.2 Å². The van der Waals surface area contributed by atoms with E-state index in [9.17, 15) is 4.79 Å². The van der Waals surface area contributed by atoms with Crippen LogP contribution < -0.4 is 10.3 Å². The van der Waals surface area contributed by atoms with E-state index in [2.05, 4.69) is 0 Å². The molecule has 0 bridgehead atoms. The lowest BCUT2D eigenvalue weighted by atomic mass is 10.4. The molecular weight excluding hydrogens is 158 g/mol. The van der Waals surface area contributed by atoms with E-state index < -0.39 is 0 Å². The zero-order valence-corrected chi connectivity index (χ0v) is 6.86. The minimum Gasteiger partial charge on any atom is -0.491 e. The van der Waals surface area contributed by atoms with Gasteiger partial charge in [0, 0.05) is 12.7 Å². The molecule has 0 saturated heterocycles. The molecule has 0 radical (unpaired) electrons. The number of ether oxygens (including phenoxy) is 1. The molecule has 4 heteroatoms. The van der Waals surface area contributed by atoms with Crippen LogP contribution in [-0.2, 0) is 6.54 Å². The molecule has 66 valence electrons. The number of nitrogens with zero attached hydrogens (tertiary/aromatic N) is 1. The molecule has 12 heavy (non-hydrogen) atoms. The molecule has 0 spiro atoms. The first-order valence-electron chi connectivity index (χ1n) is 3.64. The van der Waals surface area contributed by atoms with Crippen molar-refractivity contribution in [3.05, 3.63) is 28.7 Å². The fourth-order valence-corrected chi connectivity index (χ4v) is 0.954. The smallest absolute Gasteiger partial charge is 0.292 e. The second kappa shape index (κ2) is 3.92. The van der Waals surface area contributed by atoms with E-state index in [1.54, 1.807) is 18.3 Å². The average Bonchev–Trinajstić information content (AvgIpc) is 2.09. The Bertz CT molecular complexity index is 305. The fraction of sp³-hybridized carbons (Fsp3) is 0.375. The second-order valence-electron chi connectivity index (χ2n) is 2.30. The van der Waals surface area contributed by atoms with E-state index in [0.717, 1.165) is 0 Å². The van der Waals surface area contributed by atoms with Gasteiger partial charge in [0.2, 0.25) is 0 Å². The predicted octanol–water partition coefficient (Wildman–Crippen LogP) is -0.151. The molecule has 0 aliphatic rings. The summed E-state index contributed by atoms with van der Waals surface area (Å²) in [4.78, 5) is 11.3. The monoisotopic (exact) mass is 169 g/mol. The van der Waals surface area contributed by atoms with Crippen LogP contribution in [0.3, 0.4) is 0 Å². The Kier molecular flexibility index (Phi) is 2.88. The minimum atomic E-state index is -0.214. The van der Waals surface area contributed by atoms with Crippen LogP contribution in [0.2, 0.25) is 0 Å². The number of aliphatic hydroxyl groups is 1. The van der Waals surface area contributed by atoms with Crippen LogP contribution in [0.5, 0.6) is 5.75 Å². The number of hydrogen-bond acceptors (Lipinski definition) is 3. The Balaban J connectivity index is 3.06. The van der Waals surface area contributed by atoms with Crippen molar-refractivity contribution in [1.29, 1.82) is 0 Å². The number of rotatable bonds is 3. The number of methoxy groups -OCH3 is 1. The molecule has 4 nitrogen and oxygen atoms in total. The number of pyridine rings is 1. The molecule has 1 rings (SSSR count). The van der Waals surface area contributed by atoms with Gasteiger partial charge < -0.3 is 14.4 Å². The van der Waals surface area contributed by atoms with E-state index >= 15 is 0 Å². The number of hydrogen-bond donors (Lipinski definition) is 1. The van der Waals surface area contributed by atoms with Crippen molar-refractivity contribution in [2.45, 2.75) is 6.54 Å². The molecule has 0 saturated carbocycles. The van der Waals surface area contributed by atoms with Crippen LogP contribution in [-0.4, -0.2) is 23.4 Å². The molecule has 1 aromatic heterocycles. The van der Waals surface area contributed by atoms with Gasteiger partial charge in [-0.25, -0.2) is 0 Å². The number of aromatic nitrogens is 1. The van der Waals surface area contributed by atoms with Gasteiger partial charge in [-0.1, -0.05) is 0 Å². The molecule has 0 fully saturated rings. The van der Waals surface area contributed by atoms with Gasteiger partial charge in [-0.2, -0.15) is 0 Å². The molecule has 0 aliphatic heterocycles. The molecule has 0 aromatic carbocycles. The van der Waals surface area contributed by atoms with E-state index in [1.807, 2.05) is 0 Å². The van der Waals surface area contributed by atoms with Gasteiger partial charge in [0.05, 0.1) is 13.7 Å². The van der Waals surface area contributed by atoms with Crippen LogP contribution in [0, 0.1) is 0 Å². The van der Waals surface area contributed by atoms with Gasteiger partial charge in [0.15, 0.2) is 5.75 Å². The maximum Gasteiger partial charge on any atom is 0.292 e. The molecule has 0 aliphatic carbocycles. The Labute approximate surface area is 70.0 Å². The Hall–Kier alpha value is -1.29. The van der Waals surface area contributed by atoms with E-state index in [0.29, 0.717) is 12.3 Å². The van der Waals surface area contributed by atoms with Gasteiger partial charge in [-0.3, -0.25) is 4.79 Å². The maximum absolute atomic E-state index is 11.3. The van der Waals surface area contributed by atoms with Crippen LogP contribution in [0.4, 0.5) is 0 Å². The summed E-state index contributed by atoms with van der Waals surface area (Å²) < 4.78 is 6.22. The largest absolute Gasteiger partial charge is 0.491 e. The van der Waals surface area contributed by atoms with Crippen molar-refractivity contribution in [2.75, 3.05) is 13.7 Å². The summed E-state index contributed by atoms with van der Waals surface area (Å²) in [5.41, 5.74) is -0.214. The van der Waals surface area contributed by atoms with Gasteiger partial charge in [0.25, 0.3) is 5.56 Å². The second-order valence-corrected chi connectivity index (χ2v) is 2.30. The molecule has 0 amide bonds. The minimum absolute atomic E-state index is 0.0485. The third-order valence-corrected chi connectivity index (χ3v) is 1.55. The molecule has 1 heterocycles. The van der Waals surface area contributed by atoms with Crippen LogP contribution in [0.25, 0.3) is 0 Å². The standard InChI is InChI=1S/C8H11NO3/c1-12-7-3-2-4-9(5-6-10)8(7)11/h2-4,10H,5-6H2,1H3. The lowest BCUT2D eigenvalue weighted by Crippen LogP contribution is -2.21. The quantitative estimate of drug-likeness (QED) is 0.684. The molecular formula is C8H11NO3. The Morgan fingerprint density at radius 3 is 3.00 bits per heavy atom. The summed E-state index contributed by atoms with van der Waals surface area (Å²) in [5.74, 6) is 0.297. The summed E-state index contributed by atoms with van der Waals surface area (Å²) in [6.45, 7) is 0.253. The summed E-state index contributed by atoms with van der Waals surface area (Å²) in [6.07, 6.45) is 1.61. The van der Waals surface area contributed by atoms with Crippen LogP contribution >= 0.6 is 0 Å². The van der Waals surface area contributed by atoms with Gasteiger partial charge in [0.1, 0.15) is 0 Å². The molecule has 0 unspecified atom stereocenters.